The molecule has 0 aliphatic carbocycles. The summed E-state index contributed by atoms with van der Waals surface area (Å²) < 4.78 is 22.1. The Morgan fingerprint density at radius 2 is 1.23 bits per heavy atom. The first-order valence-corrected chi connectivity index (χ1v) is 10.6. The fourth-order valence-corrected chi connectivity index (χ4v) is 3.32. The number of benzene rings is 2. The Kier molecular flexibility index (Phi) is 10.2. The first kappa shape index (κ1) is 24.6. The number of esters is 2. The molecule has 0 bridgehead atoms. The molecule has 0 radical (unpaired) electrons. The minimum atomic E-state index is -0.845. The molecule has 2 aromatic rings. The van der Waals surface area contributed by atoms with Crippen LogP contribution in [-0.4, -0.2) is 38.4 Å². The van der Waals surface area contributed by atoms with Gasteiger partial charge in [0, 0.05) is 14.2 Å². The summed E-state index contributed by atoms with van der Waals surface area (Å²) in [6, 6.07) is 18.3. The highest BCUT2D eigenvalue weighted by Crippen LogP contribution is 2.24. The summed E-state index contributed by atoms with van der Waals surface area (Å²) in [4.78, 5) is 25.6. The van der Waals surface area contributed by atoms with E-state index < -0.39 is 36.4 Å². The van der Waals surface area contributed by atoms with Crippen LogP contribution >= 0.6 is 0 Å². The van der Waals surface area contributed by atoms with Gasteiger partial charge in [-0.3, -0.25) is 0 Å². The molecule has 0 N–H and O–H groups in total. The van der Waals surface area contributed by atoms with Crippen LogP contribution in [0.5, 0.6) is 0 Å². The third-order valence-corrected chi connectivity index (χ3v) is 5.04. The van der Waals surface area contributed by atoms with E-state index in [4.69, 9.17) is 18.9 Å². The van der Waals surface area contributed by atoms with Crippen LogP contribution in [0.15, 0.2) is 60.7 Å². The fraction of sp³-hybridized carbons (Fsp3) is 0.440. The van der Waals surface area contributed by atoms with Gasteiger partial charge in [-0.05, 0) is 30.9 Å². The summed E-state index contributed by atoms with van der Waals surface area (Å²) in [5, 5.41) is 0. The van der Waals surface area contributed by atoms with Crippen molar-refractivity contribution >= 4 is 11.9 Å². The smallest absolute Gasteiger partial charge is 0.340 e. The van der Waals surface area contributed by atoms with E-state index in [9.17, 15) is 9.59 Å². The monoisotopic (exact) mass is 428 g/mol. The molecule has 6 nitrogen and oxygen atoms in total. The SMILES string of the molecule is CCCC[C@@H](OC(=O)[C@H](OC)c1ccccc1)[C@@H](C)OC(=O)[C@H](OC)c1ccccc1. The molecule has 0 amide bonds. The Morgan fingerprint density at radius 1 is 0.774 bits per heavy atom. The first-order valence-electron chi connectivity index (χ1n) is 10.6. The van der Waals surface area contributed by atoms with Crippen molar-refractivity contribution in [1.29, 1.82) is 0 Å². The van der Waals surface area contributed by atoms with Crippen molar-refractivity contribution in [2.75, 3.05) is 14.2 Å². The van der Waals surface area contributed by atoms with E-state index >= 15 is 0 Å². The van der Waals surface area contributed by atoms with Gasteiger partial charge in [0.25, 0.3) is 0 Å². The lowest BCUT2D eigenvalue weighted by Gasteiger charge is -2.27. The molecule has 0 saturated heterocycles. The van der Waals surface area contributed by atoms with Crippen LogP contribution in [0.3, 0.4) is 0 Å². The van der Waals surface area contributed by atoms with E-state index in [1.54, 1.807) is 19.1 Å². The third kappa shape index (κ3) is 7.19. The van der Waals surface area contributed by atoms with Gasteiger partial charge in [-0.1, -0.05) is 74.0 Å². The maximum Gasteiger partial charge on any atom is 0.340 e. The summed E-state index contributed by atoms with van der Waals surface area (Å²) in [5.41, 5.74) is 1.41. The van der Waals surface area contributed by atoms with Crippen molar-refractivity contribution < 1.29 is 28.5 Å². The highest BCUT2D eigenvalue weighted by atomic mass is 16.6. The Hall–Kier alpha value is -2.70. The molecule has 0 heterocycles. The van der Waals surface area contributed by atoms with Gasteiger partial charge >= 0.3 is 11.9 Å². The highest BCUT2D eigenvalue weighted by Gasteiger charge is 2.31. The number of carbonyl (C=O) groups excluding carboxylic acids is 2. The lowest BCUT2D eigenvalue weighted by molar-refractivity contribution is -0.180. The van der Waals surface area contributed by atoms with E-state index in [-0.39, 0.29) is 0 Å². The van der Waals surface area contributed by atoms with Crippen molar-refractivity contribution in [3.63, 3.8) is 0 Å². The lowest BCUT2D eigenvalue weighted by Crippen LogP contribution is -2.36. The Morgan fingerprint density at radius 3 is 1.65 bits per heavy atom. The van der Waals surface area contributed by atoms with Crippen LogP contribution in [-0.2, 0) is 28.5 Å². The van der Waals surface area contributed by atoms with E-state index in [0.29, 0.717) is 17.5 Å². The molecule has 0 aromatic heterocycles. The van der Waals surface area contributed by atoms with Crippen LogP contribution in [0.25, 0.3) is 0 Å². The second kappa shape index (κ2) is 12.9. The summed E-state index contributed by atoms with van der Waals surface area (Å²) in [6.45, 7) is 3.78. The summed E-state index contributed by atoms with van der Waals surface area (Å²) in [6.07, 6.45) is -0.596. The average Bonchev–Trinajstić information content (AvgIpc) is 2.79. The maximum atomic E-state index is 12.8. The van der Waals surface area contributed by atoms with Gasteiger partial charge in [0.15, 0.2) is 12.2 Å². The van der Waals surface area contributed by atoms with Crippen LogP contribution in [0, 0.1) is 0 Å². The molecule has 4 atom stereocenters. The van der Waals surface area contributed by atoms with Gasteiger partial charge in [-0.2, -0.15) is 0 Å². The molecule has 6 heteroatoms. The topological polar surface area (TPSA) is 71.1 Å². The fourth-order valence-electron chi connectivity index (χ4n) is 3.32. The van der Waals surface area contributed by atoms with Gasteiger partial charge in [-0.15, -0.1) is 0 Å². The second-order valence-electron chi connectivity index (χ2n) is 7.31. The standard InChI is InChI=1S/C25H32O6/c1-5-6-17-21(31-25(27)23(29-4)20-15-11-8-12-16-20)18(2)30-24(26)22(28-3)19-13-9-7-10-14-19/h7-16,18,21-23H,5-6,17H2,1-4H3/t18-,21-,22-,23-/m1/s1. The number of rotatable bonds is 12. The van der Waals surface area contributed by atoms with Crippen molar-refractivity contribution in [3.05, 3.63) is 71.8 Å². The Bertz CT molecular complexity index is 792. The first-order chi connectivity index (χ1) is 15.0. The Labute approximate surface area is 184 Å². The maximum absolute atomic E-state index is 12.8. The number of ether oxygens (including phenoxy) is 4. The van der Waals surface area contributed by atoms with Gasteiger partial charge in [0.05, 0.1) is 0 Å². The molecule has 2 aromatic carbocycles. The summed E-state index contributed by atoms with van der Waals surface area (Å²) in [5.74, 6) is -1.03. The van der Waals surface area contributed by atoms with Crippen molar-refractivity contribution in [2.24, 2.45) is 0 Å². The number of hydrogen-bond donors (Lipinski definition) is 0. The normalized spacial score (nSPS) is 14.8. The number of carbonyl (C=O) groups is 2. The van der Waals surface area contributed by atoms with Crippen LogP contribution in [0.2, 0.25) is 0 Å². The molecule has 0 unspecified atom stereocenters. The zero-order chi connectivity index (χ0) is 22.6. The predicted molar refractivity (Wildman–Crippen MR) is 117 cm³/mol. The van der Waals surface area contributed by atoms with E-state index in [0.717, 1.165) is 12.8 Å². The third-order valence-electron chi connectivity index (χ3n) is 5.04. The molecule has 2 rings (SSSR count). The van der Waals surface area contributed by atoms with Crippen molar-refractivity contribution in [2.45, 2.75) is 57.5 Å². The molecule has 31 heavy (non-hydrogen) atoms. The highest BCUT2D eigenvalue weighted by molar-refractivity contribution is 5.77. The molecule has 0 spiro atoms. The minimum absolute atomic E-state index is 0.510. The number of methoxy groups -OCH3 is 2. The largest absolute Gasteiger partial charge is 0.457 e. The molecule has 168 valence electrons. The molecule has 0 aliphatic rings. The van der Waals surface area contributed by atoms with Crippen molar-refractivity contribution in [3.8, 4) is 0 Å². The zero-order valence-electron chi connectivity index (χ0n) is 18.7. The number of unbranched alkanes of at least 4 members (excludes halogenated alkanes) is 1. The molecular weight excluding hydrogens is 396 g/mol. The molecule has 0 saturated carbocycles. The van der Waals surface area contributed by atoms with E-state index in [1.807, 2.05) is 55.5 Å². The van der Waals surface area contributed by atoms with Gasteiger partial charge in [0.2, 0.25) is 0 Å². The van der Waals surface area contributed by atoms with Crippen molar-refractivity contribution in [1.82, 2.24) is 0 Å². The molecular formula is C25H32O6. The van der Waals surface area contributed by atoms with Gasteiger partial charge < -0.3 is 18.9 Å². The Balaban J connectivity index is 2.09. The molecule has 0 aliphatic heterocycles. The van der Waals surface area contributed by atoms with Crippen LogP contribution in [0.1, 0.15) is 56.4 Å². The minimum Gasteiger partial charge on any atom is -0.457 e. The lowest BCUT2D eigenvalue weighted by atomic mass is 10.1. The van der Waals surface area contributed by atoms with E-state index in [1.165, 1.54) is 14.2 Å². The number of hydrogen-bond acceptors (Lipinski definition) is 6. The van der Waals surface area contributed by atoms with Gasteiger partial charge in [-0.25, -0.2) is 9.59 Å². The van der Waals surface area contributed by atoms with Crippen LogP contribution < -0.4 is 0 Å². The second-order valence-corrected chi connectivity index (χ2v) is 7.31. The zero-order valence-corrected chi connectivity index (χ0v) is 18.7. The molecule has 0 fully saturated rings. The summed E-state index contributed by atoms with van der Waals surface area (Å²) in [7, 11) is 2.92. The quantitative estimate of drug-likeness (QED) is 0.453. The van der Waals surface area contributed by atoms with Crippen LogP contribution in [0.4, 0.5) is 0 Å². The van der Waals surface area contributed by atoms with Gasteiger partial charge in [0.1, 0.15) is 12.2 Å². The summed E-state index contributed by atoms with van der Waals surface area (Å²) >= 11 is 0. The average molecular weight is 429 g/mol. The van der Waals surface area contributed by atoms with E-state index in [2.05, 4.69) is 0 Å². The predicted octanol–water partition coefficient (Wildman–Crippen LogP) is 4.80.